The van der Waals surface area contributed by atoms with E-state index in [0.717, 1.165) is 11.1 Å². The molecule has 2 rings (SSSR count). The number of oxime groups is 1. The summed E-state index contributed by atoms with van der Waals surface area (Å²) in [5.74, 6) is 0.341. The number of Topliss-reactive ketones (excluding diaryl/α,β-unsaturated/α-hetero) is 1. The van der Waals surface area contributed by atoms with Crippen LogP contribution >= 0.6 is 0 Å². The second-order valence-electron chi connectivity index (χ2n) is 3.93. The third kappa shape index (κ3) is 1.66. The molecule has 0 saturated carbocycles. The lowest BCUT2D eigenvalue weighted by molar-refractivity contribution is 0.106. The summed E-state index contributed by atoms with van der Waals surface area (Å²) < 4.78 is 5.50. The number of carbonyl (C=O) groups is 1. The van der Waals surface area contributed by atoms with Gasteiger partial charge in [0, 0.05) is 6.42 Å². The van der Waals surface area contributed by atoms with Gasteiger partial charge in [-0.3, -0.25) is 4.79 Å². The Morgan fingerprint density at radius 2 is 2.12 bits per heavy atom. The molecule has 0 aliphatic carbocycles. The minimum Gasteiger partial charge on any atom is -0.492 e. The molecule has 4 heteroatoms. The van der Waals surface area contributed by atoms with Crippen LogP contribution in [0.5, 0.6) is 5.75 Å². The van der Waals surface area contributed by atoms with Crippen molar-refractivity contribution in [2.75, 3.05) is 6.61 Å². The van der Waals surface area contributed by atoms with Crippen molar-refractivity contribution in [2.24, 2.45) is 5.16 Å². The summed E-state index contributed by atoms with van der Waals surface area (Å²) in [7, 11) is 0. The van der Waals surface area contributed by atoms with Crippen LogP contribution in [-0.4, -0.2) is 23.3 Å². The van der Waals surface area contributed by atoms with E-state index in [1.165, 1.54) is 0 Å². The molecule has 0 amide bonds. The van der Waals surface area contributed by atoms with Crippen molar-refractivity contribution in [1.29, 1.82) is 0 Å². The van der Waals surface area contributed by atoms with E-state index in [0.29, 0.717) is 24.3 Å². The van der Waals surface area contributed by atoms with Crippen LogP contribution in [-0.2, 0) is 0 Å². The molecular weight excluding hydrogens is 206 g/mol. The van der Waals surface area contributed by atoms with Crippen molar-refractivity contribution in [2.45, 2.75) is 20.3 Å². The molecule has 1 aliphatic heterocycles. The summed E-state index contributed by atoms with van der Waals surface area (Å²) in [6.07, 6.45) is 0.336. The van der Waals surface area contributed by atoms with Gasteiger partial charge in [-0.05, 0) is 31.0 Å². The van der Waals surface area contributed by atoms with Crippen LogP contribution in [0.4, 0.5) is 0 Å². The zero-order valence-corrected chi connectivity index (χ0v) is 9.28. The van der Waals surface area contributed by atoms with Crippen molar-refractivity contribution >= 4 is 11.5 Å². The van der Waals surface area contributed by atoms with E-state index in [1.54, 1.807) is 0 Å². The zero-order chi connectivity index (χ0) is 11.7. The number of ether oxygens (including phenoxy) is 1. The molecule has 1 heterocycles. The molecule has 84 valence electrons. The van der Waals surface area contributed by atoms with Gasteiger partial charge >= 0.3 is 0 Å². The van der Waals surface area contributed by atoms with Gasteiger partial charge in [0.2, 0.25) is 5.78 Å². The van der Waals surface area contributed by atoms with Crippen molar-refractivity contribution in [1.82, 2.24) is 0 Å². The molecule has 0 bridgehead atoms. The van der Waals surface area contributed by atoms with E-state index in [1.807, 2.05) is 26.0 Å². The van der Waals surface area contributed by atoms with Crippen LogP contribution in [0.1, 0.15) is 27.9 Å². The molecule has 0 fully saturated rings. The van der Waals surface area contributed by atoms with Gasteiger partial charge in [-0.1, -0.05) is 11.2 Å². The summed E-state index contributed by atoms with van der Waals surface area (Å²) in [6, 6.07) is 3.75. The Morgan fingerprint density at radius 1 is 1.38 bits per heavy atom. The van der Waals surface area contributed by atoms with E-state index in [9.17, 15) is 4.79 Å². The van der Waals surface area contributed by atoms with Gasteiger partial charge in [-0.2, -0.15) is 0 Å². The first kappa shape index (κ1) is 10.7. The third-order valence-corrected chi connectivity index (χ3v) is 2.65. The largest absolute Gasteiger partial charge is 0.492 e. The zero-order valence-electron chi connectivity index (χ0n) is 9.28. The highest BCUT2D eigenvalue weighted by molar-refractivity contribution is 6.47. The number of rotatable bonds is 0. The Morgan fingerprint density at radius 3 is 2.81 bits per heavy atom. The van der Waals surface area contributed by atoms with Crippen molar-refractivity contribution in [3.8, 4) is 5.75 Å². The Balaban J connectivity index is 2.62. The number of hydrogen-bond donors (Lipinski definition) is 1. The van der Waals surface area contributed by atoms with E-state index in [2.05, 4.69) is 5.16 Å². The molecule has 16 heavy (non-hydrogen) atoms. The average molecular weight is 219 g/mol. The predicted octanol–water partition coefficient (Wildman–Crippen LogP) is 2.10. The quantitative estimate of drug-likeness (QED) is 0.537. The SMILES string of the molecule is Cc1cc(C)c2c(c1)OCC/C(=N/O)C2=O. The number of nitrogens with zero attached hydrogens (tertiary/aromatic N) is 1. The first-order valence-electron chi connectivity index (χ1n) is 5.13. The molecule has 1 aromatic carbocycles. The second kappa shape index (κ2) is 3.96. The Labute approximate surface area is 93.5 Å². The van der Waals surface area contributed by atoms with Crippen molar-refractivity contribution in [3.63, 3.8) is 0 Å². The van der Waals surface area contributed by atoms with E-state index in [4.69, 9.17) is 9.94 Å². The first-order valence-corrected chi connectivity index (χ1v) is 5.13. The lowest BCUT2D eigenvalue weighted by atomic mass is 9.98. The van der Waals surface area contributed by atoms with Crippen molar-refractivity contribution < 1.29 is 14.7 Å². The van der Waals surface area contributed by atoms with Crippen LogP contribution in [0.3, 0.4) is 0 Å². The molecule has 1 aliphatic rings. The fourth-order valence-corrected chi connectivity index (χ4v) is 1.94. The maximum atomic E-state index is 12.0. The maximum Gasteiger partial charge on any atom is 0.214 e. The minimum atomic E-state index is -0.243. The summed E-state index contributed by atoms with van der Waals surface area (Å²) in [5.41, 5.74) is 2.57. The number of aryl methyl sites for hydroxylation is 2. The Bertz CT molecular complexity index is 477. The highest BCUT2D eigenvalue weighted by Gasteiger charge is 2.24. The molecular formula is C12H13NO3. The lowest BCUT2D eigenvalue weighted by Gasteiger charge is -2.09. The van der Waals surface area contributed by atoms with Crippen LogP contribution < -0.4 is 4.74 Å². The van der Waals surface area contributed by atoms with Gasteiger partial charge in [0.05, 0.1) is 12.2 Å². The van der Waals surface area contributed by atoms with Gasteiger partial charge < -0.3 is 9.94 Å². The van der Waals surface area contributed by atoms with Crippen LogP contribution in [0, 0.1) is 13.8 Å². The van der Waals surface area contributed by atoms with Gasteiger partial charge in [-0.25, -0.2) is 0 Å². The number of fused-ring (bicyclic) bond motifs is 1. The predicted molar refractivity (Wildman–Crippen MR) is 59.6 cm³/mol. The topological polar surface area (TPSA) is 58.9 Å². The summed E-state index contributed by atoms with van der Waals surface area (Å²) >= 11 is 0. The molecule has 0 spiro atoms. The number of benzene rings is 1. The summed E-state index contributed by atoms with van der Waals surface area (Å²) in [5, 5.41) is 11.8. The van der Waals surface area contributed by atoms with Gasteiger partial charge in [0.15, 0.2) is 0 Å². The fraction of sp³-hybridized carbons (Fsp3) is 0.333. The number of ketones is 1. The molecule has 1 aromatic rings. The Kier molecular flexibility index (Phi) is 2.64. The third-order valence-electron chi connectivity index (χ3n) is 2.65. The van der Waals surface area contributed by atoms with Gasteiger partial charge in [0.25, 0.3) is 0 Å². The fourth-order valence-electron chi connectivity index (χ4n) is 1.94. The maximum absolute atomic E-state index is 12.0. The summed E-state index contributed by atoms with van der Waals surface area (Å²) in [6.45, 7) is 4.17. The van der Waals surface area contributed by atoms with E-state index in [-0.39, 0.29) is 11.5 Å². The molecule has 0 saturated heterocycles. The summed E-state index contributed by atoms with van der Waals surface area (Å²) in [4.78, 5) is 12.0. The van der Waals surface area contributed by atoms with E-state index >= 15 is 0 Å². The monoisotopic (exact) mass is 219 g/mol. The number of carbonyl (C=O) groups excluding carboxylic acids is 1. The molecule has 1 N–H and O–H groups in total. The molecule has 0 aromatic heterocycles. The van der Waals surface area contributed by atoms with Crippen LogP contribution in [0.15, 0.2) is 17.3 Å². The normalized spacial score (nSPS) is 17.9. The number of hydrogen-bond acceptors (Lipinski definition) is 4. The molecule has 0 radical (unpaired) electrons. The second-order valence-corrected chi connectivity index (χ2v) is 3.93. The smallest absolute Gasteiger partial charge is 0.214 e. The minimum absolute atomic E-state index is 0.158. The highest BCUT2D eigenvalue weighted by atomic mass is 16.5. The van der Waals surface area contributed by atoms with Crippen LogP contribution in [0.25, 0.3) is 0 Å². The molecule has 4 nitrogen and oxygen atoms in total. The highest BCUT2D eigenvalue weighted by Crippen LogP contribution is 2.27. The van der Waals surface area contributed by atoms with Crippen LogP contribution in [0.2, 0.25) is 0 Å². The average Bonchev–Trinajstić information content (AvgIpc) is 2.37. The van der Waals surface area contributed by atoms with Crippen molar-refractivity contribution in [3.05, 3.63) is 28.8 Å². The van der Waals surface area contributed by atoms with Gasteiger partial charge in [0.1, 0.15) is 11.5 Å². The van der Waals surface area contributed by atoms with E-state index < -0.39 is 0 Å². The molecule has 0 unspecified atom stereocenters. The Hall–Kier alpha value is -1.84. The standard InChI is InChI=1S/C12H13NO3/c1-7-5-8(2)11-10(6-7)16-4-3-9(13-15)12(11)14/h5-6,15H,3-4H2,1-2H3/b13-9-. The molecule has 0 atom stereocenters. The first-order chi connectivity index (χ1) is 7.63. The van der Waals surface area contributed by atoms with Gasteiger partial charge in [-0.15, -0.1) is 0 Å². The lowest BCUT2D eigenvalue weighted by Crippen LogP contribution is -2.14.